The Morgan fingerprint density at radius 2 is 1.93 bits per heavy atom. The van der Waals surface area contributed by atoms with Gasteiger partial charge in [0.05, 0.1) is 11.3 Å². The van der Waals surface area contributed by atoms with E-state index < -0.39 is 0 Å². The topological polar surface area (TPSA) is 38.7 Å². The summed E-state index contributed by atoms with van der Waals surface area (Å²) in [5.41, 5.74) is 3.13. The maximum atomic E-state index is 11.4. The Kier molecular flexibility index (Phi) is 2.37. The van der Waals surface area contributed by atoms with Gasteiger partial charge in [-0.05, 0) is 25.0 Å². The molecule has 1 aromatic rings. The minimum Gasteiger partial charge on any atom is -0.312 e. The Balaban J connectivity index is 2.50. The normalized spacial score (nSPS) is 18.5. The summed E-state index contributed by atoms with van der Waals surface area (Å²) in [6, 6.07) is 9.73. The molecule has 0 saturated carbocycles. The molecular formula is C12H11NO2. The standard InChI is InChI=1S/C12H11NO2/c1-8(10-6-4-3-5-7-10)11-9(2)13-15-12(11)14/h3-7H,1-2H3. The highest BCUT2D eigenvalue weighted by Gasteiger charge is 2.24. The van der Waals surface area contributed by atoms with Crippen molar-refractivity contribution >= 4 is 17.3 Å². The van der Waals surface area contributed by atoms with E-state index >= 15 is 0 Å². The van der Waals surface area contributed by atoms with Crippen molar-refractivity contribution in [2.45, 2.75) is 13.8 Å². The van der Waals surface area contributed by atoms with Crippen LogP contribution in [0.2, 0.25) is 0 Å². The highest BCUT2D eigenvalue weighted by atomic mass is 16.7. The van der Waals surface area contributed by atoms with Gasteiger partial charge in [-0.15, -0.1) is 0 Å². The molecule has 0 fully saturated rings. The molecule has 0 N–H and O–H groups in total. The lowest BCUT2D eigenvalue weighted by Crippen LogP contribution is -2.04. The Labute approximate surface area is 88.1 Å². The maximum Gasteiger partial charge on any atom is 0.367 e. The van der Waals surface area contributed by atoms with Crippen molar-refractivity contribution in [3.63, 3.8) is 0 Å². The van der Waals surface area contributed by atoms with Gasteiger partial charge >= 0.3 is 5.97 Å². The van der Waals surface area contributed by atoms with Crippen LogP contribution in [-0.4, -0.2) is 11.7 Å². The Bertz CT molecular complexity index is 458. The second-order valence-corrected chi connectivity index (χ2v) is 3.42. The van der Waals surface area contributed by atoms with Crippen molar-refractivity contribution in [3.05, 3.63) is 41.5 Å². The fourth-order valence-electron chi connectivity index (χ4n) is 1.61. The lowest BCUT2D eigenvalue weighted by Gasteiger charge is -2.03. The average Bonchev–Trinajstić information content (AvgIpc) is 2.59. The second-order valence-electron chi connectivity index (χ2n) is 3.42. The van der Waals surface area contributed by atoms with Gasteiger partial charge in [0.1, 0.15) is 0 Å². The summed E-state index contributed by atoms with van der Waals surface area (Å²) in [5, 5.41) is 3.65. The van der Waals surface area contributed by atoms with Crippen LogP contribution in [0.1, 0.15) is 19.4 Å². The highest BCUT2D eigenvalue weighted by Crippen LogP contribution is 2.23. The van der Waals surface area contributed by atoms with E-state index in [2.05, 4.69) is 9.99 Å². The molecular weight excluding hydrogens is 190 g/mol. The third-order valence-corrected chi connectivity index (χ3v) is 2.41. The van der Waals surface area contributed by atoms with Crippen LogP contribution in [0.4, 0.5) is 0 Å². The molecule has 1 aromatic carbocycles. The number of carbonyl (C=O) groups excluding carboxylic acids is 1. The first kappa shape index (κ1) is 9.65. The van der Waals surface area contributed by atoms with E-state index in [0.29, 0.717) is 11.3 Å². The lowest BCUT2D eigenvalue weighted by molar-refractivity contribution is -0.136. The van der Waals surface area contributed by atoms with Crippen molar-refractivity contribution in [3.8, 4) is 0 Å². The van der Waals surface area contributed by atoms with E-state index in [1.807, 2.05) is 37.3 Å². The van der Waals surface area contributed by atoms with Crippen molar-refractivity contribution in [1.82, 2.24) is 0 Å². The molecule has 1 aliphatic heterocycles. The van der Waals surface area contributed by atoms with Gasteiger partial charge in [0, 0.05) is 0 Å². The molecule has 2 rings (SSSR count). The minimum absolute atomic E-state index is 0.367. The molecule has 0 amide bonds. The van der Waals surface area contributed by atoms with Gasteiger partial charge in [-0.25, -0.2) is 4.79 Å². The van der Waals surface area contributed by atoms with E-state index in [1.54, 1.807) is 6.92 Å². The van der Waals surface area contributed by atoms with Crippen molar-refractivity contribution < 1.29 is 9.63 Å². The van der Waals surface area contributed by atoms with E-state index in [1.165, 1.54) is 0 Å². The molecule has 15 heavy (non-hydrogen) atoms. The van der Waals surface area contributed by atoms with Gasteiger partial charge in [0.15, 0.2) is 0 Å². The zero-order valence-corrected chi connectivity index (χ0v) is 8.65. The first-order valence-electron chi connectivity index (χ1n) is 4.73. The highest BCUT2D eigenvalue weighted by molar-refractivity contribution is 6.25. The van der Waals surface area contributed by atoms with Gasteiger partial charge < -0.3 is 4.84 Å². The van der Waals surface area contributed by atoms with E-state index in [0.717, 1.165) is 11.1 Å². The smallest absolute Gasteiger partial charge is 0.312 e. The second kappa shape index (κ2) is 3.69. The summed E-state index contributed by atoms with van der Waals surface area (Å²) in [6.07, 6.45) is 0. The van der Waals surface area contributed by atoms with Crippen LogP contribution >= 0.6 is 0 Å². The molecule has 0 bridgehead atoms. The van der Waals surface area contributed by atoms with Gasteiger partial charge in [-0.3, -0.25) is 0 Å². The number of carbonyl (C=O) groups is 1. The van der Waals surface area contributed by atoms with Crippen LogP contribution in [-0.2, 0) is 9.63 Å². The van der Waals surface area contributed by atoms with Crippen molar-refractivity contribution in [1.29, 1.82) is 0 Å². The van der Waals surface area contributed by atoms with Gasteiger partial charge in [-0.2, -0.15) is 0 Å². The zero-order valence-electron chi connectivity index (χ0n) is 8.65. The molecule has 0 unspecified atom stereocenters. The van der Waals surface area contributed by atoms with Crippen LogP contribution in [0.15, 0.2) is 41.1 Å². The fourth-order valence-corrected chi connectivity index (χ4v) is 1.61. The number of allylic oxidation sites excluding steroid dienone is 1. The summed E-state index contributed by atoms with van der Waals surface area (Å²) in [7, 11) is 0. The first-order valence-corrected chi connectivity index (χ1v) is 4.73. The molecule has 3 nitrogen and oxygen atoms in total. The largest absolute Gasteiger partial charge is 0.367 e. The van der Waals surface area contributed by atoms with Gasteiger partial charge in [-0.1, -0.05) is 35.5 Å². The molecule has 3 heteroatoms. The van der Waals surface area contributed by atoms with E-state index in [9.17, 15) is 4.79 Å². The predicted molar refractivity (Wildman–Crippen MR) is 58.2 cm³/mol. The molecule has 76 valence electrons. The number of hydrogen-bond donors (Lipinski definition) is 0. The van der Waals surface area contributed by atoms with Crippen LogP contribution in [0.25, 0.3) is 5.57 Å². The Hall–Kier alpha value is -1.90. The third-order valence-electron chi connectivity index (χ3n) is 2.41. The molecule has 0 spiro atoms. The predicted octanol–water partition coefficient (Wildman–Crippen LogP) is 2.39. The lowest BCUT2D eigenvalue weighted by atomic mass is 9.99. The molecule has 0 radical (unpaired) electrons. The van der Waals surface area contributed by atoms with Gasteiger partial charge in [0.2, 0.25) is 0 Å². The van der Waals surface area contributed by atoms with Crippen LogP contribution in [0.3, 0.4) is 0 Å². The quantitative estimate of drug-likeness (QED) is 0.517. The summed E-state index contributed by atoms with van der Waals surface area (Å²) >= 11 is 0. The van der Waals surface area contributed by atoms with Gasteiger partial charge in [0.25, 0.3) is 0 Å². The number of benzene rings is 1. The molecule has 0 aromatic heterocycles. The summed E-state index contributed by atoms with van der Waals surface area (Å²) < 4.78 is 0. The number of rotatable bonds is 1. The minimum atomic E-state index is -0.367. The van der Waals surface area contributed by atoms with Crippen molar-refractivity contribution in [2.75, 3.05) is 0 Å². The molecule has 1 heterocycles. The Morgan fingerprint density at radius 1 is 1.27 bits per heavy atom. The maximum absolute atomic E-state index is 11.4. The SMILES string of the molecule is CC1=NOC(=O)C1=C(C)c1ccccc1. The van der Waals surface area contributed by atoms with Crippen LogP contribution in [0.5, 0.6) is 0 Å². The average molecular weight is 201 g/mol. The summed E-state index contributed by atoms with van der Waals surface area (Å²) in [4.78, 5) is 16.0. The number of hydrogen-bond acceptors (Lipinski definition) is 3. The number of oxime groups is 1. The molecule has 0 saturated heterocycles. The fraction of sp³-hybridized carbons (Fsp3) is 0.167. The van der Waals surface area contributed by atoms with E-state index in [-0.39, 0.29) is 5.97 Å². The third kappa shape index (κ3) is 1.68. The Morgan fingerprint density at radius 3 is 2.47 bits per heavy atom. The molecule has 0 atom stereocenters. The monoisotopic (exact) mass is 201 g/mol. The first-order chi connectivity index (χ1) is 7.20. The summed E-state index contributed by atoms with van der Waals surface area (Å²) in [6.45, 7) is 3.67. The zero-order chi connectivity index (χ0) is 10.8. The number of nitrogens with zero attached hydrogens (tertiary/aromatic N) is 1. The molecule has 1 aliphatic rings. The van der Waals surface area contributed by atoms with Crippen LogP contribution < -0.4 is 0 Å². The summed E-state index contributed by atoms with van der Waals surface area (Å²) in [5.74, 6) is -0.367. The van der Waals surface area contributed by atoms with Crippen molar-refractivity contribution in [2.24, 2.45) is 5.16 Å². The van der Waals surface area contributed by atoms with E-state index in [4.69, 9.17) is 0 Å². The van der Waals surface area contributed by atoms with Crippen LogP contribution in [0, 0.1) is 0 Å². The molecule has 0 aliphatic carbocycles.